The molecule has 0 saturated heterocycles. The summed E-state index contributed by atoms with van der Waals surface area (Å²) in [5, 5.41) is 0.504. The fourth-order valence-electron chi connectivity index (χ4n) is 1.83. The zero-order valence-corrected chi connectivity index (χ0v) is 14.2. The highest BCUT2D eigenvalue weighted by Gasteiger charge is 2.13. The van der Waals surface area contributed by atoms with Crippen LogP contribution in [0.1, 0.15) is 11.1 Å². The Morgan fingerprint density at radius 3 is 2.57 bits per heavy atom. The van der Waals surface area contributed by atoms with Crippen molar-refractivity contribution in [2.45, 2.75) is 12.5 Å². The van der Waals surface area contributed by atoms with E-state index in [4.69, 9.17) is 32.7 Å². The van der Waals surface area contributed by atoms with Crippen molar-refractivity contribution >= 4 is 39.1 Å². The highest BCUT2D eigenvalue weighted by Crippen LogP contribution is 2.36. The van der Waals surface area contributed by atoms with Crippen molar-refractivity contribution in [2.75, 3.05) is 7.11 Å². The molecule has 21 heavy (non-hydrogen) atoms. The first-order valence-corrected chi connectivity index (χ1v) is 7.74. The van der Waals surface area contributed by atoms with Crippen molar-refractivity contribution in [3.05, 3.63) is 56.8 Å². The van der Waals surface area contributed by atoms with Gasteiger partial charge in [-0.05, 0) is 18.2 Å². The van der Waals surface area contributed by atoms with E-state index < -0.39 is 0 Å². The van der Waals surface area contributed by atoms with Crippen LogP contribution in [0.5, 0.6) is 11.5 Å². The summed E-state index contributed by atoms with van der Waals surface area (Å²) in [6, 6.07) is 8.13. The smallest absolute Gasteiger partial charge is 0.166 e. The van der Waals surface area contributed by atoms with E-state index in [-0.39, 0.29) is 18.3 Å². The second-order valence-electron chi connectivity index (χ2n) is 4.25. The highest BCUT2D eigenvalue weighted by molar-refractivity contribution is 9.10. The van der Waals surface area contributed by atoms with Crippen molar-refractivity contribution in [1.82, 2.24) is 0 Å². The molecule has 2 nitrogen and oxygen atoms in total. The van der Waals surface area contributed by atoms with Crippen molar-refractivity contribution < 1.29 is 13.9 Å². The Kier molecular flexibility index (Phi) is 5.73. The zero-order chi connectivity index (χ0) is 15.4. The number of benzene rings is 2. The van der Waals surface area contributed by atoms with Crippen LogP contribution in [0, 0.1) is 5.82 Å². The first-order chi connectivity index (χ1) is 10.0. The summed E-state index contributed by atoms with van der Waals surface area (Å²) in [5.41, 5.74) is 1.13. The van der Waals surface area contributed by atoms with Gasteiger partial charge in [-0.2, -0.15) is 0 Å². The minimum absolute atomic E-state index is 0.0704. The predicted molar refractivity (Wildman–Crippen MR) is 86.0 cm³/mol. The molecule has 0 heterocycles. The van der Waals surface area contributed by atoms with Gasteiger partial charge in [0.25, 0.3) is 0 Å². The molecule has 0 aliphatic heterocycles. The van der Waals surface area contributed by atoms with E-state index in [0.29, 0.717) is 32.1 Å². The normalized spacial score (nSPS) is 10.5. The Hall–Kier alpha value is -0.970. The summed E-state index contributed by atoms with van der Waals surface area (Å²) in [4.78, 5) is 0. The van der Waals surface area contributed by atoms with Crippen LogP contribution in [0.3, 0.4) is 0 Å². The number of halogens is 4. The van der Waals surface area contributed by atoms with E-state index in [9.17, 15) is 4.39 Å². The lowest BCUT2D eigenvalue weighted by Crippen LogP contribution is -2.02. The predicted octanol–water partition coefficient (Wildman–Crippen LogP) is 5.57. The molecule has 2 aromatic rings. The third-order valence-electron chi connectivity index (χ3n) is 2.85. The molecule has 0 aromatic heterocycles. The Morgan fingerprint density at radius 1 is 1.19 bits per heavy atom. The first kappa shape index (κ1) is 16.4. The fraction of sp³-hybridized carbons (Fsp3) is 0.200. The molecule has 0 amide bonds. The van der Waals surface area contributed by atoms with E-state index in [1.165, 1.54) is 13.2 Å². The molecule has 0 fully saturated rings. The van der Waals surface area contributed by atoms with Gasteiger partial charge in [0.2, 0.25) is 0 Å². The second kappa shape index (κ2) is 7.34. The van der Waals surface area contributed by atoms with Gasteiger partial charge in [0.15, 0.2) is 11.5 Å². The molecule has 0 N–H and O–H groups in total. The van der Waals surface area contributed by atoms with Crippen LogP contribution in [0.2, 0.25) is 5.02 Å². The van der Waals surface area contributed by atoms with Crippen molar-refractivity contribution in [1.29, 1.82) is 0 Å². The van der Waals surface area contributed by atoms with Crippen molar-refractivity contribution in [3.8, 4) is 11.5 Å². The van der Waals surface area contributed by atoms with Crippen LogP contribution in [0.4, 0.5) is 4.39 Å². The van der Waals surface area contributed by atoms with Gasteiger partial charge >= 0.3 is 0 Å². The maximum atomic E-state index is 13.8. The topological polar surface area (TPSA) is 18.5 Å². The number of alkyl halides is 1. The SMILES string of the molecule is COc1cc(Cl)cc(CCl)c1OCc1ccc(Br)cc1F. The quantitative estimate of drug-likeness (QED) is 0.618. The Bertz CT molecular complexity index is 625. The van der Waals surface area contributed by atoms with Gasteiger partial charge in [-0.1, -0.05) is 33.6 Å². The monoisotopic (exact) mass is 392 g/mol. The van der Waals surface area contributed by atoms with Gasteiger partial charge in [-0.3, -0.25) is 0 Å². The van der Waals surface area contributed by atoms with E-state index in [2.05, 4.69) is 15.9 Å². The molecular weight excluding hydrogens is 382 g/mol. The third-order valence-corrected chi connectivity index (χ3v) is 3.85. The summed E-state index contributed by atoms with van der Waals surface area (Å²) in [6.07, 6.45) is 0. The summed E-state index contributed by atoms with van der Waals surface area (Å²) in [6.45, 7) is 0.0704. The number of methoxy groups -OCH3 is 1. The van der Waals surface area contributed by atoms with E-state index in [0.717, 1.165) is 0 Å². The molecular formula is C15H12BrCl2FO2. The molecule has 0 bridgehead atoms. The second-order valence-corrected chi connectivity index (χ2v) is 5.87. The van der Waals surface area contributed by atoms with Gasteiger partial charge in [-0.15, -0.1) is 11.6 Å². The minimum atomic E-state index is -0.343. The van der Waals surface area contributed by atoms with Crippen molar-refractivity contribution in [3.63, 3.8) is 0 Å². The molecule has 0 spiro atoms. The average Bonchev–Trinajstić information content (AvgIpc) is 2.46. The summed E-state index contributed by atoms with van der Waals surface area (Å²) in [5.74, 6) is 0.814. The zero-order valence-electron chi connectivity index (χ0n) is 11.1. The van der Waals surface area contributed by atoms with Gasteiger partial charge in [0.1, 0.15) is 12.4 Å². The first-order valence-electron chi connectivity index (χ1n) is 6.04. The van der Waals surface area contributed by atoms with E-state index in [1.54, 1.807) is 24.3 Å². The summed E-state index contributed by atoms with van der Waals surface area (Å²) in [7, 11) is 1.51. The standard InChI is InChI=1S/C15H12BrCl2FO2/c1-20-14-6-12(18)4-10(7-17)15(14)21-8-9-2-3-11(16)5-13(9)19/h2-6H,7-8H2,1H3. The van der Waals surface area contributed by atoms with Crippen LogP contribution in [0.15, 0.2) is 34.8 Å². The maximum absolute atomic E-state index is 13.8. The molecule has 0 aliphatic rings. The molecule has 2 aromatic carbocycles. The van der Waals surface area contributed by atoms with Crippen LogP contribution >= 0.6 is 39.1 Å². The van der Waals surface area contributed by atoms with Crippen LogP contribution in [-0.2, 0) is 12.5 Å². The number of hydrogen-bond donors (Lipinski definition) is 0. The van der Waals surface area contributed by atoms with E-state index in [1.807, 2.05) is 0 Å². The lowest BCUT2D eigenvalue weighted by molar-refractivity contribution is 0.277. The van der Waals surface area contributed by atoms with Gasteiger partial charge in [-0.25, -0.2) is 4.39 Å². The largest absolute Gasteiger partial charge is 0.493 e. The van der Waals surface area contributed by atoms with Gasteiger partial charge < -0.3 is 9.47 Å². The third kappa shape index (κ3) is 4.02. The van der Waals surface area contributed by atoms with E-state index >= 15 is 0 Å². The Balaban J connectivity index is 2.26. The van der Waals surface area contributed by atoms with Crippen LogP contribution < -0.4 is 9.47 Å². The highest BCUT2D eigenvalue weighted by atomic mass is 79.9. The Morgan fingerprint density at radius 2 is 1.95 bits per heavy atom. The van der Waals surface area contributed by atoms with Gasteiger partial charge in [0.05, 0.1) is 13.0 Å². The molecule has 6 heteroatoms. The number of rotatable bonds is 5. The molecule has 0 radical (unpaired) electrons. The Labute approximate surface area is 140 Å². The van der Waals surface area contributed by atoms with Crippen LogP contribution in [-0.4, -0.2) is 7.11 Å². The average molecular weight is 394 g/mol. The molecule has 0 aliphatic carbocycles. The fourth-order valence-corrected chi connectivity index (χ4v) is 2.59. The summed E-state index contributed by atoms with van der Waals surface area (Å²) < 4.78 is 25.4. The summed E-state index contributed by atoms with van der Waals surface area (Å²) >= 11 is 15.1. The molecule has 0 saturated carbocycles. The maximum Gasteiger partial charge on any atom is 0.166 e. The van der Waals surface area contributed by atoms with Gasteiger partial charge in [0, 0.05) is 26.7 Å². The number of hydrogen-bond acceptors (Lipinski definition) is 2. The number of ether oxygens (including phenoxy) is 2. The molecule has 0 unspecified atom stereocenters. The van der Waals surface area contributed by atoms with Crippen LogP contribution in [0.25, 0.3) is 0 Å². The lowest BCUT2D eigenvalue weighted by Gasteiger charge is -2.15. The molecule has 112 valence electrons. The molecule has 2 rings (SSSR count). The lowest BCUT2D eigenvalue weighted by atomic mass is 10.2. The minimum Gasteiger partial charge on any atom is -0.493 e. The van der Waals surface area contributed by atoms with Crippen molar-refractivity contribution in [2.24, 2.45) is 0 Å². The molecule has 0 atom stereocenters.